The standard InChI is InChI=1S/C13H19N3S/c1-14-13(15-8-10-17-2)16-9-7-11-5-3-4-6-12(11)16/h3-6H,7-10H2,1-2H3,(H,14,15). The normalized spacial score (nSPS) is 14.9. The first-order valence-electron chi connectivity index (χ1n) is 5.92. The van der Waals surface area contributed by atoms with E-state index >= 15 is 0 Å². The van der Waals surface area contributed by atoms with Crippen molar-refractivity contribution in [3.05, 3.63) is 29.8 Å². The van der Waals surface area contributed by atoms with E-state index in [1.54, 1.807) is 0 Å². The number of hydrogen-bond donors (Lipinski definition) is 1. The molecular weight excluding hydrogens is 230 g/mol. The zero-order chi connectivity index (χ0) is 12.1. The van der Waals surface area contributed by atoms with Gasteiger partial charge in [0.25, 0.3) is 0 Å². The van der Waals surface area contributed by atoms with Crippen LogP contribution in [0.25, 0.3) is 0 Å². The lowest BCUT2D eigenvalue weighted by Crippen LogP contribution is -2.41. The Hall–Kier alpha value is -1.16. The monoisotopic (exact) mass is 249 g/mol. The number of nitrogens with zero attached hydrogens (tertiary/aromatic N) is 2. The van der Waals surface area contributed by atoms with E-state index in [4.69, 9.17) is 0 Å². The minimum atomic E-state index is 0.965. The lowest BCUT2D eigenvalue weighted by atomic mass is 10.2. The van der Waals surface area contributed by atoms with Crippen molar-refractivity contribution in [3.63, 3.8) is 0 Å². The molecule has 0 saturated carbocycles. The molecular formula is C13H19N3S. The number of thioether (sulfide) groups is 1. The van der Waals surface area contributed by atoms with Gasteiger partial charge in [-0.3, -0.25) is 4.99 Å². The summed E-state index contributed by atoms with van der Waals surface area (Å²) in [6.07, 6.45) is 3.23. The minimum Gasteiger partial charge on any atom is -0.355 e. The fourth-order valence-electron chi connectivity index (χ4n) is 2.12. The van der Waals surface area contributed by atoms with Crippen molar-refractivity contribution in [2.45, 2.75) is 6.42 Å². The number of hydrogen-bond acceptors (Lipinski definition) is 2. The molecule has 2 rings (SSSR count). The zero-order valence-electron chi connectivity index (χ0n) is 10.4. The van der Waals surface area contributed by atoms with E-state index in [-0.39, 0.29) is 0 Å². The number of fused-ring (bicyclic) bond motifs is 1. The molecule has 0 atom stereocenters. The molecule has 1 aromatic rings. The molecule has 1 aliphatic rings. The molecule has 17 heavy (non-hydrogen) atoms. The van der Waals surface area contributed by atoms with Crippen LogP contribution in [-0.4, -0.2) is 38.1 Å². The van der Waals surface area contributed by atoms with Gasteiger partial charge in [-0.25, -0.2) is 0 Å². The van der Waals surface area contributed by atoms with Crippen LogP contribution in [0.15, 0.2) is 29.3 Å². The number of anilines is 1. The quantitative estimate of drug-likeness (QED) is 0.504. The Morgan fingerprint density at radius 1 is 1.47 bits per heavy atom. The van der Waals surface area contributed by atoms with Crippen LogP contribution in [0.5, 0.6) is 0 Å². The maximum Gasteiger partial charge on any atom is 0.198 e. The van der Waals surface area contributed by atoms with Crippen molar-refractivity contribution >= 4 is 23.4 Å². The molecule has 1 heterocycles. The van der Waals surface area contributed by atoms with E-state index in [9.17, 15) is 0 Å². The van der Waals surface area contributed by atoms with Crippen molar-refractivity contribution in [2.75, 3.05) is 37.0 Å². The average molecular weight is 249 g/mol. The molecule has 1 aromatic carbocycles. The van der Waals surface area contributed by atoms with Crippen LogP contribution in [0.4, 0.5) is 5.69 Å². The summed E-state index contributed by atoms with van der Waals surface area (Å²) in [7, 11) is 1.85. The maximum absolute atomic E-state index is 4.36. The van der Waals surface area contributed by atoms with Crippen LogP contribution in [0, 0.1) is 0 Å². The summed E-state index contributed by atoms with van der Waals surface area (Å²) in [5.74, 6) is 2.10. The average Bonchev–Trinajstić information content (AvgIpc) is 2.79. The number of benzene rings is 1. The molecule has 0 aliphatic carbocycles. The smallest absolute Gasteiger partial charge is 0.198 e. The lowest BCUT2D eigenvalue weighted by molar-refractivity contribution is 0.908. The van der Waals surface area contributed by atoms with Crippen molar-refractivity contribution in [1.29, 1.82) is 0 Å². The summed E-state index contributed by atoms with van der Waals surface area (Å²) in [5.41, 5.74) is 2.71. The first-order chi connectivity index (χ1) is 8.36. The Balaban J connectivity index is 2.07. The molecule has 4 heteroatoms. The van der Waals surface area contributed by atoms with Gasteiger partial charge in [0, 0.05) is 31.6 Å². The summed E-state index contributed by atoms with van der Waals surface area (Å²) in [6.45, 7) is 1.99. The molecule has 0 spiro atoms. The third-order valence-electron chi connectivity index (χ3n) is 2.94. The maximum atomic E-state index is 4.36. The van der Waals surface area contributed by atoms with Gasteiger partial charge < -0.3 is 10.2 Å². The molecule has 0 saturated heterocycles. The second-order valence-corrected chi connectivity index (χ2v) is 4.98. The molecule has 1 N–H and O–H groups in total. The van der Waals surface area contributed by atoms with Crippen LogP contribution in [0.1, 0.15) is 5.56 Å². The van der Waals surface area contributed by atoms with Gasteiger partial charge in [0.05, 0.1) is 0 Å². The highest BCUT2D eigenvalue weighted by Crippen LogP contribution is 2.27. The van der Waals surface area contributed by atoms with Gasteiger partial charge in [-0.2, -0.15) is 11.8 Å². The van der Waals surface area contributed by atoms with Gasteiger partial charge in [0.2, 0.25) is 0 Å². The highest BCUT2D eigenvalue weighted by molar-refractivity contribution is 7.98. The minimum absolute atomic E-state index is 0.965. The van der Waals surface area contributed by atoms with Crippen molar-refractivity contribution in [1.82, 2.24) is 5.32 Å². The van der Waals surface area contributed by atoms with Gasteiger partial charge >= 0.3 is 0 Å². The van der Waals surface area contributed by atoms with Crippen molar-refractivity contribution in [2.24, 2.45) is 4.99 Å². The van der Waals surface area contributed by atoms with Crippen molar-refractivity contribution < 1.29 is 0 Å². The Labute approximate surface area is 107 Å². The van der Waals surface area contributed by atoms with Crippen LogP contribution < -0.4 is 10.2 Å². The lowest BCUT2D eigenvalue weighted by Gasteiger charge is -2.22. The summed E-state index contributed by atoms with van der Waals surface area (Å²) in [6, 6.07) is 8.56. The molecule has 0 fully saturated rings. The third-order valence-corrected chi connectivity index (χ3v) is 3.56. The second-order valence-electron chi connectivity index (χ2n) is 4.00. The van der Waals surface area contributed by atoms with Gasteiger partial charge in [0.15, 0.2) is 5.96 Å². The molecule has 0 radical (unpaired) electrons. The highest BCUT2D eigenvalue weighted by atomic mass is 32.2. The third kappa shape index (κ3) is 2.75. The number of rotatable bonds is 3. The van der Waals surface area contributed by atoms with Gasteiger partial charge in [-0.15, -0.1) is 0 Å². The summed E-state index contributed by atoms with van der Waals surface area (Å²) in [5, 5.41) is 3.41. The Kier molecular flexibility index (Phi) is 4.31. The number of aliphatic imine (C=N–C) groups is 1. The van der Waals surface area contributed by atoms with Gasteiger partial charge in [-0.1, -0.05) is 18.2 Å². The molecule has 0 bridgehead atoms. The largest absolute Gasteiger partial charge is 0.355 e. The topological polar surface area (TPSA) is 27.6 Å². The fourth-order valence-corrected chi connectivity index (χ4v) is 2.42. The van der Waals surface area contributed by atoms with E-state index in [0.717, 1.165) is 31.2 Å². The molecule has 0 unspecified atom stereocenters. The molecule has 0 amide bonds. The predicted octanol–water partition coefficient (Wildman–Crippen LogP) is 1.99. The van der Waals surface area contributed by atoms with E-state index in [1.807, 2.05) is 18.8 Å². The summed E-state index contributed by atoms with van der Waals surface area (Å²) < 4.78 is 0. The Morgan fingerprint density at radius 2 is 2.29 bits per heavy atom. The van der Waals surface area contributed by atoms with E-state index in [0.29, 0.717) is 0 Å². The first-order valence-corrected chi connectivity index (χ1v) is 7.31. The van der Waals surface area contributed by atoms with Crippen LogP contribution in [-0.2, 0) is 6.42 Å². The molecule has 1 aliphatic heterocycles. The Bertz CT molecular complexity index is 403. The SMILES string of the molecule is CN=C(NCCSC)N1CCc2ccccc21. The number of guanidine groups is 1. The predicted molar refractivity (Wildman–Crippen MR) is 77.2 cm³/mol. The molecule has 0 aromatic heterocycles. The molecule has 92 valence electrons. The van der Waals surface area contributed by atoms with Gasteiger partial charge in [0.1, 0.15) is 0 Å². The molecule has 3 nitrogen and oxygen atoms in total. The fraction of sp³-hybridized carbons (Fsp3) is 0.462. The first kappa shape index (κ1) is 12.3. The van der Waals surface area contributed by atoms with Gasteiger partial charge in [-0.05, 0) is 24.3 Å². The Morgan fingerprint density at radius 3 is 3.06 bits per heavy atom. The number of para-hydroxylation sites is 1. The second kappa shape index (κ2) is 5.96. The zero-order valence-corrected chi connectivity index (χ0v) is 11.3. The van der Waals surface area contributed by atoms with Crippen molar-refractivity contribution in [3.8, 4) is 0 Å². The van der Waals surface area contributed by atoms with E-state index < -0.39 is 0 Å². The highest BCUT2D eigenvalue weighted by Gasteiger charge is 2.21. The van der Waals surface area contributed by atoms with Crippen LogP contribution >= 0.6 is 11.8 Å². The van der Waals surface area contributed by atoms with E-state index in [1.165, 1.54) is 11.3 Å². The van der Waals surface area contributed by atoms with E-state index in [2.05, 4.69) is 45.7 Å². The number of nitrogens with one attached hydrogen (secondary N) is 1. The van der Waals surface area contributed by atoms with Crippen LogP contribution in [0.2, 0.25) is 0 Å². The summed E-state index contributed by atoms with van der Waals surface area (Å²) >= 11 is 1.85. The van der Waals surface area contributed by atoms with Crippen LogP contribution in [0.3, 0.4) is 0 Å². The summed E-state index contributed by atoms with van der Waals surface area (Å²) in [4.78, 5) is 6.64.